The molecular weight excluding hydrogens is 257 g/mol. The summed E-state index contributed by atoms with van der Waals surface area (Å²) in [4.78, 5) is 6.32. The first-order valence-electron chi connectivity index (χ1n) is 7.23. The van der Waals surface area contributed by atoms with Gasteiger partial charge in [0.15, 0.2) is 0 Å². The van der Waals surface area contributed by atoms with Crippen LogP contribution >= 0.6 is 0 Å². The van der Waals surface area contributed by atoms with Crippen molar-refractivity contribution >= 4 is 0 Å². The zero-order valence-corrected chi connectivity index (χ0v) is 12.3. The van der Waals surface area contributed by atoms with Crippen molar-refractivity contribution in [2.24, 2.45) is 11.7 Å². The molecule has 1 aromatic heterocycles. The van der Waals surface area contributed by atoms with E-state index in [1.807, 2.05) is 0 Å². The van der Waals surface area contributed by atoms with Crippen LogP contribution in [-0.4, -0.2) is 42.7 Å². The maximum Gasteiger partial charge on any atom is 0.141 e. The van der Waals surface area contributed by atoms with Crippen molar-refractivity contribution in [2.45, 2.75) is 31.9 Å². The van der Waals surface area contributed by atoms with Gasteiger partial charge in [-0.2, -0.15) is 0 Å². The van der Waals surface area contributed by atoms with Crippen LogP contribution in [0.2, 0.25) is 0 Å². The minimum absolute atomic E-state index is 0.178. The average Bonchev–Trinajstić information content (AvgIpc) is 2.91. The van der Waals surface area contributed by atoms with Crippen LogP contribution in [0.4, 0.5) is 4.39 Å². The Bertz CT molecular complexity index is 406. The van der Waals surface area contributed by atoms with Crippen molar-refractivity contribution in [3.05, 3.63) is 29.8 Å². The molecule has 0 aliphatic carbocycles. The van der Waals surface area contributed by atoms with Crippen molar-refractivity contribution in [3.8, 4) is 0 Å². The van der Waals surface area contributed by atoms with E-state index in [0.717, 1.165) is 38.2 Å². The summed E-state index contributed by atoms with van der Waals surface area (Å²) in [6.07, 6.45) is 3.88. The molecule has 2 N–H and O–H groups in total. The smallest absolute Gasteiger partial charge is 0.141 e. The molecule has 1 aliphatic rings. The minimum Gasteiger partial charge on any atom is -0.377 e. The highest BCUT2D eigenvalue weighted by Gasteiger charge is 2.21. The number of ether oxygens (including phenoxy) is 1. The fraction of sp³-hybridized carbons (Fsp3) is 0.667. The first kappa shape index (κ1) is 15.4. The lowest BCUT2D eigenvalue weighted by Crippen LogP contribution is -2.35. The maximum atomic E-state index is 12.9. The van der Waals surface area contributed by atoms with Gasteiger partial charge in [-0.1, -0.05) is 6.92 Å². The van der Waals surface area contributed by atoms with Crippen molar-refractivity contribution in [1.82, 2.24) is 9.88 Å². The Morgan fingerprint density at radius 3 is 2.95 bits per heavy atom. The summed E-state index contributed by atoms with van der Waals surface area (Å²) in [6.45, 7) is 4.79. The summed E-state index contributed by atoms with van der Waals surface area (Å²) < 4.78 is 18.5. The number of nitrogens with zero attached hydrogens (tertiary/aromatic N) is 2. The van der Waals surface area contributed by atoms with Gasteiger partial charge in [0, 0.05) is 19.7 Å². The highest BCUT2D eigenvalue weighted by Crippen LogP contribution is 2.19. The Labute approximate surface area is 120 Å². The SMILES string of the molecule is CC(CN(C)CC1CCCO1)C(N)c1ccc(F)cn1. The summed E-state index contributed by atoms with van der Waals surface area (Å²) in [5.74, 6) is -0.0801. The monoisotopic (exact) mass is 281 g/mol. The van der Waals surface area contributed by atoms with Crippen LogP contribution in [0.25, 0.3) is 0 Å². The molecule has 3 atom stereocenters. The minimum atomic E-state index is -0.330. The third-order valence-corrected chi connectivity index (χ3v) is 3.84. The van der Waals surface area contributed by atoms with E-state index in [9.17, 15) is 4.39 Å². The summed E-state index contributed by atoms with van der Waals surface area (Å²) in [5.41, 5.74) is 6.94. The number of hydrogen-bond donors (Lipinski definition) is 1. The van der Waals surface area contributed by atoms with Crippen LogP contribution in [0.15, 0.2) is 18.3 Å². The molecule has 0 radical (unpaired) electrons. The Balaban J connectivity index is 1.83. The Morgan fingerprint density at radius 1 is 1.55 bits per heavy atom. The largest absolute Gasteiger partial charge is 0.377 e. The van der Waals surface area contributed by atoms with Gasteiger partial charge in [0.25, 0.3) is 0 Å². The third-order valence-electron chi connectivity index (χ3n) is 3.84. The standard InChI is InChI=1S/C15H24FN3O/c1-11(9-19(2)10-13-4-3-7-20-13)15(17)14-6-5-12(16)8-18-14/h5-6,8,11,13,15H,3-4,7,9-10,17H2,1-2H3. The predicted octanol–water partition coefficient (Wildman–Crippen LogP) is 1.97. The van der Waals surface area contributed by atoms with Gasteiger partial charge in [-0.3, -0.25) is 4.98 Å². The molecule has 2 rings (SSSR count). The maximum absolute atomic E-state index is 12.9. The van der Waals surface area contributed by atoms with E-state index in [0.29, 0.717) is 6.10 Å². The van der Waals surface area contributed by atoms with Crippen molar-refractivity contribution in [2.75, 3.05) is 26.7 Å². The van der Waals surface area contributed by atoms with E-state index in [-0.39, 0.29) is 17.8 Å². The van der Waals surface area contributed by atoms with Gasteiger partial charge >= 0.3 is 0 Å². The zero-order chi connectivity index (χ0) is 14.5. The first-order valence-corrected chi connectivity index (χ1v) is 7.23. The molecule has 4 nitrogen and oxygen atoms in total. The Kier molecular flexibility index (Phi) is 5.46. The number of likely N-dealkylation sites (N-methyl/N-ethyl adjacent to an activating group) is 1. The van der Waals surface area contributed by atoms with Crippen molar-refractivity contribution < 1.29 is 9.13 Å². The number of hydrogen-bond acceptors (Lipinski definition) is 4. The van der Waals surface area contributed by atoms with Crippen LogP contribution < -0.4 is 5.73 Å². The molecular formula is C15H24FN3O. The fourth-order valence-electron chi connectivity index (χ4n) is 2.69. The van der Waals surface area contributed by atoms with Gasteiger partial charge in [-0.05, 0) is 37.9 Å². The van der Waals surface area contributed by atoms with E-state index < -0.39 is 0 Å². The van der Waals surface area contributed by atoms with Gasteiger partial charge in [-0.15, -0.1) is 0 Å². The van der Waals surface area contributed by atoms with E-state index in [4.69, 9.17) is 10.5 Å². The van der Waals surface area contributed by atoms with E-state index in [1.54, 1.807) is 6.07 Å². The van der Waals surface area contributed by atoms with Gasteiger partial charge in [-0.25, -0.2) is 4.39 Å². The normalized spacial score (nSPS) is 22.1. The van der Waals surface area contributed by atoms with Gasteiger partial charge in [0.1, 0.15) is 5.82 Å². The predicted molar refractivity (Wildman–Crippen MR) is 76.8 cm³/mol. The lowest BCUT2D eigenvalue weighted by molar-refractivity contribution is 0.0760. The van der Waals surface area contributed by atoms with E-state index >= 15 is 0 Å². The van der Waals surface area contributed by atoms with Crippen LogP contribution in [0.3, 0.4) is 0 Å². The quantitative estimate of drug-likeness (QED) is 0.866. The molecule has 0 aromatic carbocycles. The number of rotatable bonds is 6. The second-order valence-corrected chi connectivity index (χ2v) is 5.76. The highest BCUT2D eigenvalue weighted by atomic mass is 19.1. The lowest BCUT2D eigenvalue weighted by Gasteiger charge is -2.27. The summed E-state index contributed by atoms with van der Waals surface area (Å²) in [6, 6.07) is 2.89. The molecule has 5 heteroatoms. The molecule has 112 valence electrons. The van der Waals surface area contributed by atoms with Gasteiger partial charge in [0.2, 0.25) is 0 Å². The van der Waals surface area contributed by atoms with Crippen LogP contribution in [0.5, 0.6) is 0 Å². The third kappa shape index (κ3) is 4.23. The molecule has 1 aromatic rings. The number of nitrogens with two attached hydrogens (primary N) is 1. The second kappa shape index (κ2) is 7.11. The molecule has 1 fully saturated rings. The van der Waals surface area contributed by atoms with Crippen molar-refractivity contribution in [1.29, 1.82) is 0 Å². The number of aromatic nitrogens is 1. The van der Waals surface area contributed by atoms with E-state index in [2.05, 4.69) is 23.9 Å². The van der Waals surface area contributed by atoms with E-state index in [1.165, 1.54) is 12.3 Å². The molecule has 1 aliphatic heterocycles. The number of halogens is 1. The second-order valence-electron chi connectivity index (χ2n) is 5.76. The molecule has 20 heavy (non-hydrogen) atoms. The number of pyridine rings is 1. The summed E-state index contributed by atoms with van der Waals surface area (Å²) in [7, 11) is 2.09. The molecule has 0 amide bonds. The Hall–Kier alpha value is -1.04. The van der Waals surface area contributed by atoms with Crippen LogP contribution in [0, 0.1) is 11.7 Å². The lowest BCUT2D eigenvalue weighted by atomic mass is 9.98. The molecule has 2 heterocycles. The topological polar surface area (TPSA) is 51.4 Å². The average molecular weight is 281 g/mol. The molecule has 3 unspecified atom stereocenters. The van der Waals surface area contributed by atoms with Crippen molar-refractivity contribution in [3.63, 3.8) is 0 Å². The summed E-state index contributed by atoms with van der Waals surface area (Å²) in [5, 5.41) is 0. The highest BCUT2D eigenvalue weighted by molar-refractivity contribution is 5.10. The fourth-order valence-corrected chi connectivity index (χ4v) is 2.69. The molecule has 1 saturated heterocycles. The van der Waals surface area contributed by atoms with Gasteiger partial charge < -0.3 is 15.4 Å². The molecule has 0 spiro atoms. The van der Waals surface area contributed by atoms with Gasteiger partial charge in [0.05, 0.1) is 24.0 Å². The Morgan fingerprint density at radius 2 is 2.35 bits per heavy atom. The zero-order valence-electron chi connectivity index (χ0n) is 12.3. The molecule has 0 saturated carbocycles. The molecule has 0 bridgehead atoms. The van der Waals surface area contributed by atoms with Crippen LogP contribution in [0.1, 0.15) is 31.5 Å². The summed E-state index contributed by atoms with van der Waals surface area (Å²) >= 11 is 0. The first-order chi connectivity index (χ1) is 9.56. The van der Waals surface area contributed by atoms with Crippen LogP contribution in [-0.2, 0) is 4.74 Å².